The average molecular weight is 434 g/mol. The van der Waals surface area contributed by atoms with Crippen molar-refractivity contribution >= 4 is 35.8 Å². The molecule has 1 aromatic heterocycles. The van der Waals surface area contributed by atoms with Crippen molar-refractivity contribution in [1.82, 2.24) is 15.5 Å². The molecule has 0 radical (unpaired) electrons. The molecule has 1 fully saturated rings. The lowest BCUT2D eigenvalue weighted by Gasteiger charge is -2.37. The third kappa shape index (κ3) is 6.04. The predicted octanol–water partition coefficient (Wildman–Crippen LogP) is 2.18. The van der Waals surface area contributed by atoms with E-state index in [9.17, 15) is 4.79 Å². The summed E-state index contributed by atoms with van der Waals surface area (Å²) in [7, 11) is 1.80. The molecule has 2 heterocycles. The first-order valence-corrected chi connectivity index (χ1v) is 7.87. The number of likely N-dealkylation sites (tertiary alicyclic amines) is 1. The maximum atomic E-state index is 11.7. The molecule has 1 aliphatic heterocycles. The fourth-order valence-corrected chi connectivity index (χ4v) is 3.01. The Bertz CT molecular complexity index is 494. The van der Waals surface area contributed by atoms with Crippen LogP contribution in [-0.4, -0.2) is 50.0 Å². The van der Waals surface area contributed by atoms with Gasteiger partial charge in [-0.05, 0) is 30.4 Å². The summed E-state index contributed by atoms with van der Waals surface area (Å²) in [5.41, 5.74) is 0. The highest BCUT2D eigenvalue weighted by atomic mass is 127. The summed E-state index contributed by atoms with van der Waals surface area (Å²) in [5, 5.41) is 6.13. The van der Waals surface area contributed by atoms with Crippen molar-refractivity contribution < 1.29 is 9.21 Å². The number of furan rings is 1. The molecular weight excluding hydrogens is 407 g/mol. The molecule has 6 nitrogen and oxygen atoms in total. The quantitative estimate of drug-likeness (QED) is 0.330. The molecule has 2 unspecified atom stereocenters. The van der Waals surface area contributed by atoms with Crippen molar-refractivity contribution in [2.24, 2.45) is 16.8 Å². The van der Waals surface area contributed by atoms with E-state index < -0.39 is 0 Å². The molecule has 130 valence electrons. The summed E-state index contributed by atoms with van der Waals surface area (Å²) in [4.78, 5) is 18.4. The Morgan fingerprint density at radius 3 is 2.52 bits per heavy atom. The summed E-state index contributed by atoms with van der Waals surface area (Å²) in [6, 6.07) is 3.35. The lowest BCUT2D eigenvalue weighted by atomic mass is 9.92. The molecule has 7 heteroatoms. The number of hydrogen-bond donors (Lipinski definition) is 2. The van der Waals surface area contributed by atoms with Crippen LogP contribution in [0.15, 0.2) is 27.8 Å². The van der Waals surface area contributed by atoms with Crippen LogP contribution in [-0.2, 0) is 0 Å². The standard InChI is InChI=1S/C16H26N4O2.HI/c1-12-9-13(2)11-20(10-12)16(17-3)19-7-6-18-15(21)14-5-4-8-22-14;/h4-5,8,12-13H,6-7,9-11H2,1-3H3,(H,17,19)(H,18,21);1H. The summed E-state index contributed by atoms with van der Waals surface area (Å²) >= 11 is 0. The van der Waals surface area contributed by atoms with Crippen LogP contribution in [0.1, 0.15) is 30.8 Å². The number of aliphatic imine (C=N–C) groups is 1. The lowest BCUT2D eigenvalue weighted by Crippen LogP contribution is -2.49. The highest BCUT2D eigenvalue weighted by Crippen LogP contribution is 2.20. The molecule has 0 aliphatic carbocycles. The van der Waals surface area contributed by atoms with Crippen LogP contribution in [0.2, 0.25) is 0 Å². The highest BCUT2D eigenvalue weighted by Gasteiger charge is 2.23. The van der Waals surface area contributed by atoms with Crippen LogP contribution in [0, 0.1) is 11.8 Å². The van der Waals surface area contributed by atoms with Gasteiger partial charge in [0.2, 0.25) is 0 Å². The number of nitrogens with zero attached hydrogens (tertiary/aromatic N) is 2. The summed E-state index contributed by atoms with van der Waals surface area (Å²) in [6.45, 7) is 7.78. The Labute approximate surface area is 155 Å². The summed E-state index contributed by atoms with van der Waals surface area (Å²) in [5.74, 6) is 2.41. The zero-order chi connectivity index (χ0) is 15.9. The van der Waals surface area contributed by atoms with Crippen molar-refractivity contribution in [2.45, 2.75) is 20.3 Å². The number of nitrogens with one attached hydrogen (secondary N) is 2. The molecule has 0 bridgehead atoms. The van der Waals surface area contributed by atoms with Crippen molar-refractivity contribution in [3.05, 3.63) is 24.2 Å². The van der Waals surface area contributed by atoms with Gasteiger partial charge in [-0.1, -0.05) is 13.8 Å². The van der Waals surface area contributed by atoms with Crippen molar-refractivity contribution in [3.8, 4) is 0 Å². The third-order valence-electron chi connectivity index (χ3n) is 3.82. The molecule has 1 amide bonds. The minimum absolute atomic E-state index is 0. The van der Waals surface area contributed by atoms with Gasteiger partial charge in [0.05, 0.1) is 6.26 Å². The molecule has 1 aliphatic rings. The number of amides is 1. The van der Waals surface area contributed by atoms with Crippen molar-refractivity contribution in [2.75, 3.05) is 33.2 Å². The first-order valence-electron chi connectivity index (χ1n) is 7.87. The lowest BCUT2D eigenvalue weighted by molar-refractivity contribution is 0.0926. The summed E-state index contributed by atoms with van der Waals surface area (Å²) < 4.78 is 5.05. The van der Waals surface area contributed by atoms with Gasteiger partial charge in [-0.3, -0.25) is 9.79 Å². The van der Waals surface area contributed by atoms with Gasteiger partial charge in [0, 0.05) is 33.2 Å². The molecule has 23 heavy (non-hydrogen) atoms. The molecule has 1 aromatic rings. The Kier molecular flexibility index (Phi) is 8.43. The van der Waals surface area contributed by atoms with E-state index in [1.807, 2.05) is 0 Å². The van der Waals surface area contributed by atoms with Crippen molar-refractivity contribution in [3.63, 3.8) is 0 Å². The largest absolute Gasteiger partial charge is 0.459 e. The molecular formula is C16H27IN4O2. The van der Waals surface area contributed by atoms with E-state index in [2.05, 4.69) is 34.4 Å². The Balaban J connectivity index is 0.00000264. The fourth-order valence-electron chi connectivity index (χ4n) is 3.01. The maximum absolute atomic E-state index is 11.7. The van der Waals surface area contributed by atoms with Gasteiger partial charge in [0.15, 0.2) is 11.7 Å². The number of carbonyl (C=O) groups is 1. The smallest absolute Gasteiger partial charge is 0.287 e. The van der Waals surface area contributed by atoms with Crippen LogP contribution in [0.5, 0.6) is 0 Å². The second-order valence-corrected chi connectivity index (χ2v) is 6.06. The molecule has 2 rings (SSSR count). The monoisotopic (exact) mass is 434 g/mol. The van der Waals surface area contributed by atoms with Gasteiger partial charge in [0.1, 0.15) is 0 Å². The van der Waals surface area contributed by atoms with E-state index in [4.69, 9.17) is 4.42 Å². The van der Waals surface area contributed by atoms with E-state index in [1.54, 1.807) is 19.2 Å². The molecule has 0 spiro atoms. The number of rotatable bonds is 4. The van der Waals surface area contributed by atoms with Gasteiger partial charge in [0.25, 0.3) is 5.91 Å². The number of guanidine groups is 1. The van der Waals surface area contributed by atoms with Crippen LogP contribution in [0.25, 0.3) is 0 Å². The zero-order valence-corrected chi connectivity index (χ0v) is 16.4. The average Bonchev–Trinajstić information content (AvgIpc) is 3.00. The van der Waals surface area contributed by atoms with Gasteiger partial charge in [-0.15, -0.1) is 24.0 Å². The Morgan fingerprint density at radius 2 is 1.96 bits per heavy atom. The van der Waals surface area contributed by atoms with Crippen LogP contribution >= 0.6 is 24.0 Å². The van der Waals surface area contributed by atoms with E-state index in [0.29, 0.717) is 30.7 Å². The van der Waals surface area contributed by atoms with Gasteiger partial charge in [-0.2, -0.15) is 0 Å². The summed E-state index contributed by atoms with van der Waals surface area (Å²) in [6.07, 6.45) is 2.76. The normalized spacial score (nSPS) is 21.5. The topological polar surface area (TPSA) is 69.9 Å². The van der Waals surface area contributed by atoms with Crippen molar-refractivity contribution in [1.29, 1.82) is 0 Å². The molecule has 0 aromatic carbocycles. The number of carbonyl (C=O) groups excluding carboxylic acids is 1. The Morgan fingerprint density at radius 1 is 1.30 bits per heavy atom. The molecule has 2 N–H and O–H groups in total. The Hall–Kier alpha value is -1.25. The van der Waals surface area contributed by atoms with E-state index in [1.165, 1.54) is 12.7 Å². The SMILES string of the molecule is CN=C(NCCNC(=O)c1ccco1)N1CC(C)CC(C)C1.I. The first-order chi connectivity index (χ1) is 10.6. The third-order valence-corrected chi connectivity index (χ3v) is 3.82. The highest BCUT2D eigenvalue weighted by molar-refractivity contribution is 14.0. The van der Waals surface area contributed by atoms with E-state index in [-0.39, 0.29) is 29.9 Å². The van der Waals surface area contributed by atoms with Gasteiger partial charge in [-0.25, -0.2) is 0 Å². The number of piperidine rings is 1. The first kappa shape index (κ1) is 19.8. The molecule has 2 atom stereocenters. The van der Waals surface area contributed by atoms with E-state index in [0.717, 1.165) is 19.0 Å². The van der Waals surface area contributed by atoms with E-state index >= 15 is 0 Å². The van der Waals surface area contributed by atoms with Gasteiger partial charge < -0.3 is 20.0 Å². The zero-order valence-electron chi connectivity index (χ0n) is 14.0. The minimum Gasteiger partial charge on any atom is -0.459 e. The second kappa shape index (κ2) is 9.79. The van der Waals surface area contributed by atoms with Crippen LogP contribution in [0.3, 0.4) is 0 Å². The van der Waals surface area contributed by atoms with Crippen LogP contribution in [0.4, 0.5) is 0 Å². The number of hydrogen-bond acceptors (Lipinski definition) is 3. The molecule has 0 saturated carbocycles. The minimum atomic E-state index is -0.193. The fraction of sp³-hybridized carbons (Fsp3) is 0.625. The van der Waals surface area contributed by atoms with Gasteiger partial charge >= 0.3 is 0 Å². The molecule has 1 saturated heterocycles. The second-order valence-electron chi connectivity index (χ2n) is 6.06. The predicted molar refractivity (Wildman–Crippen MR) is 102 cm³/mol. The maximum Gasteiger partial charge on any atom is 0.287 e. The van der Waals surface area contributed by atoms with Crippen LogP contribution < -0.4 is 10.6 Å². The number of halogens is 1.